The lowest BCUT2D eigenvalue weighted by Crippen LogP contribution is -2.44. The number of carbonyl (C=O) groups excluding carboxylic acids is 2. The molecule has 9 nitrogen and oxygen atoms in total. The van der Waals surface area contributed by atoms with Crippen molar-refractivity contribution >= 4 is 50.4 Å². The van der Waals surface area contributed by atoms with Gasteiger partial charge in [0.1, 0.15) is 16.9 Å². The van der Waals surface area contributed by atoms with Gasteiger partial charge in [0, 0.05) is 15.2 Å². The third-order valence-electron chi connectivity index (χ3n) is 5.25. The van der Waals surface area contributed by atoms with Crippen molar-refractivity contribution in [2.75, 3.05) is 10.2 Å². The first-order valence-corrected chi connectivity index (χ1v) is 13.1. The van der Waals surface area contributed by atoms with Crippen LogP contribution in [0.15, 0.2) is 34.8 Å². The predicted molar refractivity (Wildman–Crippen MR) is 148 cm³/mol. The Hall–Kier alpha value is -3.48. The van der Waals surface area contributed by atoms with Crippen LogP contribution in [0.5, 0.6) is 0 Å². The average Bonchev–Trinajstić information content (AvgIpc) is 2.77. The minimum absolute atomic E-state index is 0.118. The summed E-state index contributed by atoms with van der Waals surface area (Å²) < 4.78 is 53.4. The van der Waals surface area contributed by atoms with Crippen LogP contribution in [0.25, 0.3) is 10.8 Å². The quantitative estimate of drug-likeness (QED) is 0.311. The number of fused-ring (bicyclic) bond motifs is 1. The van der Waals surface area contributed by atoms with Crippen molar-refractivity contribution in [3.8, 4) is 0 Å². The second kappa shape index (κ2) is 11.2. The van der Waals surface area contributed by atoms with Gasteiger partial charge in [0.2, 0.25) is 0 Å². The number of pyridine rings is 1. The Morgan fingerprint density at radius 1 is 0.925 bits per heavy atom. The van der Waals surface area contributed by atoms with Gasteiger partial charge in [-0.05, 0) is 79.7 Å². The molecule has 2 amide bonds. The third-order valence-corrected chi connectivity index (χ3v) is 5.75. The van der Waals surface area contributed by atoms with Gasteiger partial charge in [-0.25, -0.2) is 14.6 Å². The molecule has 1 atom stereocenters. The van der Waals surface area contributed by atoms with E-state index < -0.39 is 47.0 Å². The van der Waals surface area contributed by atoms with E-state index in [-0.39, 0.29) is 5.69 Å². The number of halogens is 4. The van der Waals surface area contributed by atoms with Crippen molar-refractivity contribution in [1.29, 1.82) is 0 Å². The normalized spacial score (nSPS) is 13.1. The number of hydrogen-bond donors (Lipinski definition) is 1. The van der Waals surface area contributed by atoms with Gasteiger partial charge < -0.3 is 14.8 Å². The molecule has 40 heavy (non-hydrogen) atoms. The number of alkyl halides is 3. The number of benzene rings is 1. The number of aryl methyl sites for hydroxylation is 1. The summed E-state index contributed by atoms with van der Waals surface area (Å²) in [5.41, 5.74) is -3.27. The molecular formula is C27H31BrF3N5O4. The molecule has 1 aromatic carbocycles. The lowest BCUT2D eigenvalue weighted by Gasteiger charge is -2.29. The Kier molecular flexibility index (Phi) is 8.68. The fraction of sp³-hybridized carbons (Fsp3) is 0.444. The zero-order valence-corrected chi connectivity index (χ0v) is 25.0. The molecule has 0 unspecified atom stereocenters. The Labute approximate surface area is 238 Å². The number of rotatable bonds is 4. The molecule has 0 bridgehead atoms. The minimum Gasteiger partial charge on any atom is -0.443 e. The Balaban J connectivity index is 2.13. The molecule has 2 heterocycles. The molecule has 0 aliphatic rings. The van der Waals surface area contributed by atoms with Crippen molar-refractivity contribution in [3.63, 3.8) is 0 Å². The number of aromatic nitrogens is 3. The molecule has 3 rings (SSSR count). The molecule has 2 aromatic heterocycles. The van der Waals surface area contributed by atoms with Gasteiger partial charge in [-0.15, -0.1) is 5.10 Å². The second-order valence-electron chi connectivity index (χ2n) is 11.1. The summed E-state index contributed by atoms with van der Waals surface area (Å²) >= 11 is 3.42. The fourth-order valence-corrected chi connectivity index (χ4v) is 3.94. The second-order valence-corrected chi connectivity index (χ2v) is 12.0. The first kappa shape index (κ1) is 31.1. The van der Waals surface area contributed by atoms with Crippen LogP contribution >= 0.6 is 15.9 Å². The number of hydrogen-bond acceptors (Lipinski definition) is 8. The van der Waals surface area contributed by atoms with E-state index in [0.29, 0.717) is 27.9 Å². The molecule has 0 aliphatic heterocycles. The number of nitrogens with zero attached hydrogens (tertiary/aromatic N) is 4. The SMILES string of the molecule is Cc1nnc(N[C@H](C)c2cc(N(C(=O)OC(C)(C)C)C(=O)OC(C)(C)C)cc(C(F)(F)F)n2)c2cc(Br)ccc12. The van der Waals surface area contributed by atoms with Crippen molar-refractivity contribution in [3.05, 3.63) is 51.9 Å². The summed E-state index contributed by atoms with van der Waals surface area (Å²) in [6.45, 7) is 12.7. The van der Waals surface area contributed by atoms with E-state index >= 15 is 0 Å². The summed E-state index contributed by atoms with van der Waals surface area (Å²) in [6.07, 6.45) is -7.29. The van der Waals surface area contributed by atoms with Crippen LogP contribution < -0.4 is 10.2 Å². The smallest absolute Gasteiger partial charge is 0.433 e. The molecular weight excluding hydrogens is 595 g/mol. The molecule has 216 valence electrons. The van der Waals surface area contributed by atoms with Crippen LogP contribution in [0.3, 0.4) is 0 Å². The monoisotopic (exact) mass is 625 g/mol. The lowest BCUT2D eigenvalue weighted by molar-refractivity contribution is -0.141. The van der Waals surface area contributed by atoms with E-state index in [1.165, 1.54) is 6.07 Å². The van der Waals surface area contributed by atoms with Crippen LogP contribution in [0.1, 0.15) is 71.6 Å². The van der Waals surface area contributed by atoms with Gasteiger partial charge >= 0.3 is 18.4 Å². The van der Waals surface area contributed by atoms with Crippen LogP contribution in [-0.2, 0) is 15.7 Å². The predicted octanol–water partition coefficient (Wildman–Crippen LogP) is 7.96. The van der Waals surface area contributed by atoms with E-state index in [0.717, 1.165) is 9.86 Å². The van der Waals surface area contributed by atoms with Gasteiger partial charge in [-0.3, -0.25) is 0 Å². The Morgan fingerprint density at radius 2 is 1.50 bits per heavy atom. The zero-order valence-electron chi connectivity index (χ0n) is 23.4. The van der Waals surface area contributed by atoms with Crippen molar-refractivity contribution in [1.82, 2.24) is 15.2 Å². The Morgan fingerprint density at radius 3 is 2.02 bits per heavy atom. The van der Waals surface area contributed by atoms with Crippen LogP contribution in [0, 0.1) is 6.92 Å². The van der Waals surface area contributed by atoms with Gasteiger partial charge in [0.25, 0.3) is 0 Å². The van der Waals surface area contributed by atoms with E-state index in [2.05, 4.69) is 36.4 Å². The van der Waals surface area contributed by atoms with E-state index in [1.54, 1.807) is 55.4 Å². The first-order valence-electron chi connectivity index (χ1n) is 12.3. The zero-order chi connectivity index (χ0) is 30.2. The average molecular weight is 626 g/mol. The van der Waals surface area contributed by atoms with E-state index in [4.69, 9.17) is 9.47 Å². The number of carbonyl (C=O) groups is 2. The van der Waals surface area contributed by atoms with Crippen LogP contribution in [-0.4, -0.2) is 38.6 Å². The fourth-order valence-electron chi connectivity index (χ4n) is 3.58. The molecule has 0 radical (unpaired) electrons. The van der Waals surface area contributed by atoms with E-state index in [9.17, 15) is 22.8 Å². The minimum atomic E-state index is -4.89. The Bertz CT molecular complexity index is 1410. The maximum absolute atomic E-state index is 14.0. The molecule has 0 aliphatic carbocycles. The maximum atomic E-state index is 14.0. The van der Waals surface area contributed by atoms with Crippen molar-refractivity contribution < 1.29 is 32.2 Å². The van der Waals surface area contributed by atoms with Gasteiger partial charge in [0.05, 0.1) is 23.1 Å². The molecule has 0 spiro atoms. The first-order chi connectivity index (χ1) is 18.2. The molecule has 0 saturated heterocycles. The number of ether oxygens (including phenoxy) is 2. The molecule has 1 N–H and O–H groups in total. The molecule has 0 fully saturated rings. The summed E-state index contributed by atoms with van der Waals surface area (Å²) in [6, 6.07) is 6.43. The number of nitrogens with one attached hydrogen (secondary N) is 1. The summed E-state index contributed by atoms with van der Waals surface area (Å²) in [4.78, 5) is 30.4. The van der Waals surface area contributed by atoms with Crippen LogP contribution in [0.4, 0.5) is 34.3 Å². The van der Waals surface area contributed by atoms with E-state index in [1.807, 2.05) is 18.2 Å². The lowest BCUT2D eigenvalue weighted by atomic mass is 10.1. The summed E-state index contributed by atoms with van der Waals surface area (Å²) in [7, 11) is 0. The standard InChI is InChI=1S/C27H31BrF3N5O4/c1-14-18-10-9-16(28)11-19(18)22(35-34-14)32-15(2)20-12-17(13-21(33-20)27(29,30)31)36(23(37)39-25(3,4)5)24(38)40-26(6,7)8/h9-13,15H,1-8H3,(H,32,35)/t15-/m1/s1. The molecule has 0 saturated carbocycles. The number of imide groups is 1. The van der Waals surface area contributed by atoms with Gasteiger partial charge in [-0.2, -0.15) is 23.2 Å². The highest BCUT2D eigenvalue weighted by atomic mass is 79.9. The highest BCUT2D eigenvalue weighted by molar-refractivity contribution is 9.10. The largest absolute Gasteiger partial charge is 0.443 e. The highest BCUT2D eigenvalue weighted by Crippen LogP contribution is 2.35. The molecule has 13 heteroatoms. The van der Waals surface area contributed by atoms with Gasteiger partial charge in [0.15, 0.2) is 5.82 Å². The highest BCUT2D eigenvalue weighted by Gasteiger charge is 2.38. The van der Waals surface area contributed by atoms with Crippen LogP contribution in [0.2, 0.25) is 0 Å². The number of anilines is 2. The molecule has 3 aromatic rings. The van der Waals surface area contributed by atoms with Gasteiger partial charge in [-0.1, -0.05) is 22.0 Å². The van der Waals surface area contributed by atoms with Crippen molar-refractivity contribution in [2.45, 2.75) is 78.8 Å². The maximum Gasteiger partial charge on any atom is 0.433 e. The third kappa shape index (κ3) is 7.80. The number of amides is 2. The van der Waals surface area contributed by atoms with Crippen molar-refractivity contribution in [2.24, 2.45) is 0 Å². The topological polar surface area (TPSA) is 107 Å². The summed E-state index contributed by atoms with van der Waals surface area (Å²) in [5, 5.41) is 12.9. The summed E-state index contributed by atoms with van der Waals surface area (Å²) in [5.74, 6) is 0.311.